The number of carbonyl (C=O) groups is 2. The van der Waals surface area contributed by atoms with Gasteiger partial charge in [0, 0.05) is 32.2 Å². The van der Waals surface area contributed by atoms with E-state index < -0.39 is 21.4 Å². The van der Waals surface area contributed by atoms with Crippen molar-refractivity contribution in [2.45, 2.75) is 35.1 Å². The summed E-state index contributed by atoms with van der Waals surface area (Å²) < 4.78 is 26.3. The van der Waals surface area contributed by atoms with Crippen LogP contribution in [0.5, 0.6) is 0 Å². The largest absolute Gasteiger partial charge is 0.309 e. The van der Waals surface area contributed by atoms with Crippen molar-refractivity contribution in [1.82, 2.24) is 29.1 Å². The summed E-state index contributed by atoms with van der Waals surface area (Å²) in [5.74, 6) is 1.04. The van der Waals surface area contributed by atoms with Gasteiger partial charge < -0.3 is 9.13 Å². The van der Waals surface area contributed by atoms with Crippen LogP contribution in [0.4, 0.5) is 0 Å². The number of hydrogen-bond donors (Lipinski definition) is 0. The molecule has 4 heterocycles. The number of pyridine rings is 2. The van der Waals surface area contributed by atoms with Crippen molar-refractivity contribution in [3.8, 4) is 0 Å². The van der Waals surface area contributed by atoms with Gasteiger partial charge in [0.2, 0.25) is 11.6 Å². The fraction of sp³-hybridized carbons (Fsp3) is 0.440. The fourth-order valence-electron chi connectivity index (χ4n) is 3.48. The van der Waals surface area contributed by atoms with Gasteiger partial charge >= 0.3 is 0 Å². The highest BCUT2D eigenvalue weighted by Gasteiger charge is 2.21. The van der Waals surface area contributed by atoms with Gasteiger partial charge in [-0.1, -0.05) is 21.3 Å². The summed E-state index contributed by atoms with van der Waals surface area (Å²) in [6.07, 6.45) is 3.47. The number of carbonyl (C=O) groups excluding carboxylic acids is 2. The maximum atomic E-state index is 12.0. The second kappa shape index (κ2) is 12.4. The number of fused-ring (bicyclic) bond motifs is 2. The van der Waals surface area contributed by atoms with E-state index in [1.165, 1.54) is 11.5 Å². The molecule has 0 aliphatic heterocycles. The number of aryl methyl sites for hydroxylation is 4. The number of imidazole rings is 2. The lowest BCUT2D eigenvalue weighted by Crippen LogP contribution is -2.20. The Bertz CT molecular complexity index is 1540. The molecule has 4 aromatic heterocycles. The van der Waals surface area contributed by atoms with Gasteiger partial charge in [0.1, 0.15) is 16.8 Å². The zero-order valence-corrected chi connectivity index (χ0v) is 22.9. The van der Waals surface area contributed by atoms with Crippen molar-refractivity contribution in [2.24, 2.45) is 14.1 Å². The molecule has 0 saturated carbocycles. The Kier molecular flexibility index (Phi) is 10.1. The number of sulfone groups is 1. The van der Waals surface area contributed by atoms with Gasteiger partial charge in [0.25, 0.3) is 0 Å². The van der Waals surface area contributed by atoms with Crippen LogP contribution in [-0.4, -0.2) is 72.1 Å². The van der Waals surface area contributed by atoms with Crippen molar-refractivity contribution in [1.29, 1.82) is 0 Å². The van der Waals surface area contributed by atoms with Gasteiger partial charge in [-0.05, 0) is 42.9 Å². The Labute approximate surface area is 221 Å². The average molecular weight is 547 g/mol. The Morgan fingerprint density at radius 2 is 1.32 bits per heavy atom. The van der Waals surface area contributed by atoms with Crippen LogP contribution in [0.25, 0.3) is 22.3 Å². The van der Waals surface area contributed by atoms with Crippen molar-refractivity contribution < 1.29 is 18.0 Å². The maximum absolute atomic E-state index is 12.0. The van der Waals surface area contributed by atoms with E-state index in [-0.39, 0.29) is 24.8 Å². The van der Waals surface area contributed by atoms with E-state index in [0.29, 0.717) is 22.7 Å². The third kappa shape index (κ3) is 7.01. The Balaban J connectivity index is 0.000000255. The predicted octanol–water partition coefficient (Wildman–Crippen LogP) is 3.74. The van der Waals surface area contributed by atoms with Crippen LogP contribution < -0.4 is 0 Å². The van der Waals surface area contributed by atoms with Gasteiger partial charge in [-0.15, -0.1) is 0 Å². The molecule has 0 N–H and O–H groups in total. The lowest BCUT2D eigenvalue weighted by atomic mass is 10.3. The molecule has 0 aromatic carbocycles. The molecule has 0 amide bonds. The third-order valence-corrected chi connectivity index (χ3v) is 7.87. The second-order valence-electron chi connectivity index (χ2n) is 8.36. The first-order valence-corrected chi connectivity index (χ1v) is 14.4. The molecule has 0 fully saturated rings. The molecule has 12 heteroatoms. The molecule has 200 valence electrons. The molecule has 10 nitrogen and oxygen atoms in total. The van der Waals surface area contributed by atoms with Gasteiger partial charge in [-0.3, -0.25) is 9.59 Å². The molecule has 0 radical (unpaired) electrons. The molecule has 0 saturated heterocycles. The average Bonchev–Trinajstić information content (AvgIpc) is 3.33. The summed E-state index contributed by atoms with van der Waals surface area (Å²) in [6, 6.07) is 3.76. The zero-order chi connectivity index (χ0) is 26.6. The van der Waals surface area contributed by atoms with E-state index in [1.807, 2.05) is 40.0 Å². The molecule has 0 bridgehead atoms. The molecule has 0 spiro atoms. The minimum Gasteiger partial charge on any atom is -0.309 e. The summed E-state index contributed by atoms with van der Waals surface area (Å²) in [6.45, 7) is 7.40. The van der Waals surface area contributed by atoms with Gasteiger partial charge in [-0.25, -0.2) is 28.4 Å². The van der Waals surface area contributed by atoms with Crippen molar-refractivity contribution in [2.75, 3.05) is 23.0 Å². The van der Waals surface area contributed by atoms with E-state index >= 15 is 0 Å². The Morgan fingerprint density at radius 3 is 1.76 bits per heavy atom. The number of ketones is 2. The second-order valence-corrected chi connectivity index (χ2v) is 12.0. The van der Waals surface area contributed by atoms with Crippen LogP contribution in [0.3, 0.4) is 0 Å². The summed E-state index contributed by atoms with van der Waals surface area (Å²) in [4.78, 5) is 41.0. The van der Waals surface area contributed by atoms with Gasteiger partial charge in [0.15, 0.2) is 32.8 Å². The van der Waals surface area contributed by atoms with Crippen LogP contribution in [0.1, 0.15) is 53.6 Å². The number of aromatic nitrogens is 6. The van der Waals surface area contributed by atoms with E-state index in [2.05, 4.69) is 19.9 Å². The lowest BCUT2D eigenvalue weighted by Gasteiger charge is -2.01. The first-order chi connectivity index (χ1) is 17.0. The lowest BCUT2D eigenvalue weighted by molar-refractivity contribution is 0.0997. The Hall–Kier alpha value is -3.12. The van der Waals surface area contributed by atoms with Crippen LogP contribution in [0.15, 0.2) is 24.5 Å². The van der Waals surface area contributed by atoms with Crippen LogP contribution in [-0.2, 0) is 23.9 Å². The summed E-state index contributed by atoms with van der Waals surface area (Å²) in [5, 5.41) is 0. The minimum absolute atomic E-state index is 0. The van der Waals surface area contributed by atoms with Crippen molar-refractivity contribution in [3.63, 3.8) is 0 Å². The highest BCUT2D eigenvalue weighted by atomic mass is 32.2. The number of rotatable bonds is 8. The van der Waals surface area contributed by atoms with E-state index in [9.17, 15) is 18.0 Å². The topological polar surface area (TPSA) is 130 Å². The van der Waals surface area contributed by atoms with Gasteiger partial charge in [0.05, 0.1) is 5.75 Å². The van der Waals surface area contributed by atoms with Crippen LogP contribution in [0, 0.1) is 13.8 Å². The SMILES string of the molecule is C.CCS(=O)(=O)CC(=O)c1nc2cc(C)cnc2n1C.CCSCC(=O)c1nc2cc(C)cnc2n1C. The molecule has 0 atom stereocenters. The normalized spacial score (nSPS) is 11.2. The van der Waals surface area contributed by atoms with E-state index in [1.54, 1.807) is 35.8 Å². The fourth-order valence-corrected chi connectivity index (χ4v) is 4.73. The summed E-state index contributed by atoms with van der Waals surface area (Å²) in [7, 11) is 0.139. The first kappa shape index (κ1) is 30.1. The number of thioether (sulfide) groups is 1. The number of nitrogens with zero attached hydrogens (tertiary/aromatic N) is 6. The third-order valence-electron chi connectivity index (χ3n) is 5.42. The highest BCUT2D eigenvalue weighted by Crippen LogP contribution is 2.16. The number of Topliss-reactive ketones (excluding diaryl/α,β-unsaturated/α-hetero) is 2. The number of hydrogen-bond acceptors (Lipinski definition) is 9. The smallest absolute Gasteiger partial charge is 0.213 e. The van der Waals surface area contributed by atoms with Crippen LogP contribution in [0.2, 0.25) is 0 Å². The standard InChI is InChI=1S/C12H15N3O3S.C12H15N3OS.CH4/c1-4-19(17,18)7-10(16)12-14-9-5-8(2)6-13-11(9)15(12)3;1-4-17-7-10(16)12-14-9-5-8(2)6-13-11(9)15(12)3;/h5-6H,4,7H2,1-3H3;5-6H,4,7H2,1-3H3;1H4. The molecule has 0 aliphatic rings. The van der Waals surface area contributed by atoms with E-state index in [0.717, 1.165) is 28.0 Å². The summed E-state index contributed by atoms with van der Waals surface area (Å²) in [5.41, 5.74) is 4.71. The Morgan fingerprint density at radius 1 is 0.865 bits per heavy atom. The quantitative estimate of drug-likeness (QED) is 0.303. The van der Waals surface area contributed by atoms with Crippen molar-refractivity contribution in [3.05, 3.63) is 47.3 Å². The molecule has 37 heavy (non-hydrogen) atoms. The molecule has 0 unspecified atom stereocenters. The highest BCUT2D eigenvalue weighted by molar-refractivity contribution is 7.99. The van der Waals surface area contributed by atoms with Crippen LogP contribution >= 0.6 is 11.8 Å². The molecule has 0 aliphatic carbocycles. The first-order valence-electron chi connectivity index (χ1n) is 11.4. The predicted molar refractivity (Wildman–Crippen MR) is 149 cm³/mol. The van der Waals surface area contributed by atoms with Gasteiger partial charge in [-0.2, -0.15) is 11.8 Å². The zero-order valence-electron chi connectivity index (χ0n) is 21.3. The summed E-state index contributed by atoms with van der Waals surface area (Å²) >= 11 is 1.61. The monoisotopic (exact) mass is 546 g/mol. The minimum atomic E-state index is -3.35. The molecule has 4 aromatic rings. The van der Waals surface area contributed by atoms with Crippen molar-refractivity contribution >= 4 is 55.5 Å². The van der Waals surface area contributed by atoms with E-state index in [4.69, 9.17) is 0 Å². The maximum Gasteiger partial charge on any atom is 0.213 e. The molecular formula is C25H34N6O4S2. The molecule has 4 rings (SSSR count). The molecular weight excluding hydrogens is 512 g/mol.